The molecule has 8 nitrogen and oxygen atoms in total. The first-order chi connectivity index (χ1) is 14.8. The minimum atomic E-state index is -3.80. The fraction of sp³-hybridized carbons (Fsp3) is 0.286. The summed E-state index contributed by atoms with van der Waals surface area (Å²) in [6.07, 6.45) is 4.63. The van der Waals surface area contributed by atoms with Crippen molar-refractivity contribution >= 4 is 27.5 Å². The van der Waals surface area contributed by atoms with Gasteiger partial charge >= 0.3 is 0 Å². The second-order valence-electron chi connectivity index (χ2n) is 7.86. The summed E-state index contributed by atoms with van der Waals surface area (Å²) in [5, 5.41) is 0.499. The Morgan fingerprint density at radius 1 is 1.13 bits per heavy atom. The standard InChI is InChI=1S/C21H20ClN5O3S/c1-25-12-20(24-13-25)31(29,30)26-10-17(18-4-2-3-7-23-18)19(11-26)27-9-14-5-6-15(22)8-16(14)21(27)28/h2-8,12-13,17,19H,9-11H2,1H3/t17-,19+/m1/s1. The summed E-state index contributed by atoms with van der Waals surface area (Å²) >= 11 is 6.10. The fourth-order valence-corrected chi connectivity index (χ4v) is 5.99. The van der Waals surface area contributed by atoms with Crippen LogP contribution in [-0.4, -0.2) is 57.2 Å². The quantitative estimate of drug-likeness (QED) is 0.599. The Hall–Kier alpha value is -2.75. The molecule has 2 atom stereocenters. The van der Waals surface area contributed by atoms with Crippen molar-refractivity contribution in [3.05, 3.63) is 77.0 Å². The molecule has 1 fully saturated rings. The highest BCUT2D eigenvalue weighted by Gasteiger charge is 2.47. The number of fused-ring (bicyclic) bond motifs is 1. The molecule has 2 aromatic heterocycles. The summed E-state index contributed by atoms with van der Waals surface area (Å²) in [6, 6.07) is 10.5. The van der Waals surface area contributed by atoms with Crippen LogP contribution in [0.15, 0.2) is 60.1 Å². The average Bonchev–Trinajstić information content (AvgIpc) is 3.47. The van der Waals surface area contributed by atoms with Crippen molar-refractivity contribution in [1.82, 2.24) is 23.7 Å². The molecule has 0 unspecified atom stereocenters. The van der Waals surface area contributed by atoms with Crippen molar-refractivity contribution in [2.45, 2.75) is 23.5 Å². The van der Waals surface area contributed by atoms with Crippen LogP contribution in [0.3, 0.4) is 0 Å². The molecule has 0 spiro atoms. The normalized spacial score (nSPS) is 21.6. The number of amides is 1. The summed E-state index contributed by atoms with van der Waals surface area (Å²) in [6.45, 7) is 0.811. The summed E-state index contributed by atoms with van der Waals surface area (Å²) in [5.41, 5.74) is 2.21. The maximum absolute atomic E-state index is 13.2. The Morgan fingerprint density at radius 3 is 2.68 bits per heavy atom. The van der Waals surface area contributed by atoms with Crippen molar-refractivity contribution in [2.24, 2.45) is 7.05 Å². The molecule has 0 aliphatic carbocycles. The number of pyridine rings is 1. The molecule has 160 valence electrons. The monoisotopic (exact) mass is 457 g/mol. The van der Waals surface area contributed by atoms with Crippen LogP contribution in [0.2, 0.25) is 5.02 Å². The molecule has 1 aromatic carbocycles. The van der Waals surface area contributed by atoms with Gasteiger partial charge in [0.25, 0.3) is 15.9 Å². The van der Waals surface area contributed by atoms with E-state index in [0.717, 1.165) is 11.3 Å². The number of rotatable bonds is 4. The molecule has 10 heteroatoms. The lowest BCUT2D eigenvalue weighted by Crippen LogP contribution is -2.41. The van der Waals surface area contributed by atoms with E-state index in [1.54, 1.807) is 34.8 Å². The second-order valence-corrected chi connectivity index (χ2v) is 10.2. The van der Waals surface area contributed by atoms with Gasteiger partial charge in [-0.2, -0.15) is 4.31 Å². The maximum Gasteiger partial charge on any atom is 0.262 e. The van der Waals surface area contributed by atoms with Gasteiger partial charge in [-0.15, -0.1) is 0 Å². The minimum Gasteiger partial charge on any atom is -0.339 e. The van der Waals surface area contributed by atoms with Crippen LogP contribution in [0.25, 0.3) is 0 Å². The van der Waals surface area contributed by atoms with Crippen molar-refractivity contribution in [3.8, 4) is 0 Å². The Morgan fingerprint density at radius 2 is 1.97 bits per heavy atom. The summed E-state index contributed by atoms with van der Waals surface area (Å²) in [7, 11) is -2.08. The van der Waals surface area contributed by atoms with Gasteiger partial charge < -0.3 is 9.47 Å². The molecule has 0 saturated carbocycles. The van der Waals surface area contributed by atoms with E-state index in [9.17, 15) is 13.2 Å². The molecule has 2 aliphatic rings. The van der Waals surface area contributed by atoms with E-state index in [0.29, 0.717) is 17.1 Å². The number of halogens is 1. The predicted molar refractivity (Wildman–Crippen MR) is 114 cm³/mol. The highest BCUT2D eigenvalue weighted by molar-refractivity contribution is 7.89. The predicted octanol–water partition coefficient (Wildman–Crippen LogP) is 2.28. The third-order valence-corrected chi connectivity index (χ3v) is 7.87. The molecule has 4 heterocycles. The average molecular weight is 458 g/mol. The van der Waals surface area contributed by atoms with Crippen molar-refractivity contribution in [3.63, 3.8) is 0 Å². The van der Waals surface area contributed by atoms with E-state index >= 15 is 0 Å². The molecule has 0 N–H and O–H groups in total. The van der Waals surface area contributed by atoms with Crippen LogP contribution in [0.5, 0.6) is 0 Å². The number of benzene rings is 1. The number of sulfonamides is 1. The van der Waals surface area contributed by atoms with E-state index in [1.165, 1.54) is 16.8 Å². The molecule has 31 heavy (non-hydrogen) atoms. The van der Waals surface area contributed by atoms with Gasteiger partial charge in [-0.3, -0.25) is 9.78 Å². The molecular formula is C21H20ClN5O3S. The Bertz CT molecular complexity index is 1260. The zero-order valence-corrected chi connectivity index (χ0v) is 18.3. The first kappa shape index (κ1) is 20.2. The number of imidazole rings is 1. The topological polar surface area (TPSA) is 88.4 Å². The highest BCUT2D eigenvalue weighted by atomic mass is 35.5. The zero-order chi connectivity index (χ0) is 21.8. The number of aromatic nitrogens is 3. The van der Waals surface area contributed by atoms with Crippen LogP contribution in [0.1, 0.15) is 27.5 Å². The van der Waals surface area contributed by atoms with Gasteiger partial charge in [0.05, 0.1) is 12.4 Å². The lowest BCUT2D eigenvalue weighted by Gasteiger charge is -2.28. The van der Waals surface area contributed by atoms with Crippen LogP contribution in [0, 0.1) is 0 Å². The van der Waals surface area contributed by atoms with Crippen LogP contribution >= 0.6 is 11.6 Å². The lowest BCUT2D eigenvalue weighted by molar-refractivity contribution is 0.0698. The molecule has 1 amide bonds. The Balaban J connectivity index is 1.51. The van der Waals surface area contributed by atoms with E-state index < -0.39 is 10.0 Å². The Labute approximate surface area is 185 Å². The van der Waals surface area contributed by atoms with Gasteiger partial charge in [0.15, 0.2) is 5.03 Å². The maximum atomic E-state index is 13.2. The first-order valence-corrected chi connectivity index (χ1v) is 11.6. The van der Waals surface area contributed by atoms with Gasteiger partial charge in [0.1, 0.15) is 0 Å². The number of hydrogen-bond donors (Lipinski definition) is 0. The summed E-state index contributed by atoms with van der Waals surface area (Å²) in [4.78, 5) is 23.4. The third kappa shape index (κ3) is 3.42. The largest absolute Gasteiger partial charge is 0.339 e. The third-order valence-electron chi connectivity index (χ3n) is 5.91. The second kappa shape index (κ2) is 7.44. The van der Waals surface area contributed by atoms with Gasteiger partial charge in [-0.05, 0) is 29.8 Å². The highest BCUT2D eigenvalue weighted by Crippen LogP contribution is 2.37. The first-order valence-electron chi connectivity index (χ1n) is 9.83. The molecule has 2 aliphatic heterocycles. The van der Waals surface area contributed by atoms with Crippen LogP contribution in [0.4, 0.5) is 0 Å². The summed E-state index contributed by atoms with van der Waals surface area (Å²) < 4.78 is 29.5. The SMILES string of the molecule is Cn1cnc(S(=O)(=O)N2C[C@H](c3ccccn3)[C@@H](N3Cc4ccc(Cl)cc4C3=O)C2)c1. The van der Waals surface area contributed by atoms with E-state index in [2.05, 4.69) is 9.97 Å². The van der Waals surface area contributed by atoms with Crippen LogP contribution in [-0.2, 0) is 23.6 Å². The molecule has 1 saturated heterocycles. The number of carbonyl (C=O) groups is 1. The smallest absolute Gasteiger partial charge is 0.262 e. The van der Waals surface area contributed by atoms with Gasteiger partial charge in [-0.1, -0.05) is 23.7 Å². The summed E-state index contributed by atoms with van der Waals surface area (Å²) in [5.74, 6) is -0.395. The number of carbonyl (C=O) groups excluding carboxylic acids is 1. The van der Waals surface area contributed by atoms with E-state index in [-0.39, 0.29) is 36.0 Å². The molecule has 0 bridgehead atoms. The van der Waals surface area contributed by atoms with Gasteiger partial charge in [-0.25, -0.2) is 13.4 Å². The number of aryl methyl sites for hydroxylation is 1. The van der Waals surface area contributed by atoms with Crippen molar-refractivity contribution < 1.29 is 13.2 Å². The Kier molecular flexibility index (Phi) is 4.84. The zero-order valence-electron chi connectivity index (χ0n) is 16.7. The van der Waals surface area contributed by atoms with Crippen molar-refractivity contribution in [2.75, 3.05) is 13.1 Å². The fourth-order valence-electron chi connectivity index (χ4n) is 4.37. The lowest BCUT2D eigenvalue weighted by atomic mass is 9.98. The molecule has 0 radical (unpaired) electrons. The van der Waals surface area contributed by atoms with Gasteiger partial charge in [0.2, 0.25) is 0 Å². The van der Waals surface area contributed by atoms with Gasteiger partial charge in [0, 0.05) is 61.3 Å². The van der Waals surface area contributed by atoms with E-state index in [4.69, 9.17) is 11.6 Å². The number of hydrogen-bond acceptors (Lipinski definition) is 5. The number of nitrogens with zero attached hydrogens (tertiary/aromatic N) is 5. The van der Waals surface area contributed by atoms with Crippen molar-refractivity contribution in [1.29, 1.82) is 0 Å². The molecule has 5 rings (SSSR count). The minimum absolute atomic E-state index is 0.00163. The molecular weight excluding hydrogens is 438 g/mol. The van der Waals surface area contributed by atoms with E-state index in [1.807, 2.05) is 24.3 Å². The van der Waals surface area contributed by atoms with Crippen LogP contribution < -0.4 is 0 Å². The molecule has 3 aromatic rings.